The Bertz CT molecular complexity index is 667. The molecule has 0 fully saturated rings. The van der Waals surface area contributed by atoms with Crippen LogP contribution in [-0.4, -0.2) is 35.8 Å². The van der Waals surface area contributed by atoms with E-state index in [2.05, 4.69) is 10.3 Å². The Kier molecular flexibility index (Phi) is 6.75. The molecule has 1 aromatic carbocycles. The minimum absolute atomic E-state index is 0.105. The summed E-state index contributed by atoms with van der Waals surface area (Å²) < 4.78 is 5.44. The van der Waals surface area contributed by atoms with Crippen molar-refractivity contribution in [3.8, 4) is 16.3 Å². The van der Waals surface area contributed by atoms with E-state index in [0.717, 1.165) is 22.0 Å². The van der Waals surface area contributed by atoms with Crippen LogP contribution in [0.15, 0.2) is 24.3 Å². The molecule has 6 heteroatoms. The number of carbonyl (C=O) groups is 1. The lowest BCUT2D eigenvalue weighted by Crippen LogP contribution is -2.28. The highest BCUT2D eigenvalue weighted by Crippen LogP contribution is 2.29. The first kappa shape index (κ1) is 18.4. The number of aryl methyl sites for hydroxylation is 1. The normalized spacial score (nSPS) is 12.0. The average Bonchev–Trinajstić information content (AvgIpc) is 2.96. The smallest absolute Gasteiger partial charge is 0.263 e. The van der Waals surface area contributed by atoms with E-state index in [1.54, 1.807) is 0 Å². The van der Waals surface area contributed by atoms with Crippen molar-refractivity contribution in [3.63, 3.8) is 0 Å². The number of aliphatic hydroxyl groups is 1. The Morgan fingerprint density at radius 1 is 1.38 bits per heavy atom. The number of benzene rings is 1. The molecule has 1 atom stereocenters. The van der Waals surface area contributed by atoms with Gasteiger partial charge in [0.2, 0.25) is 0 Å². The molecule has 0 aliphatic heterocycles. The molecule has 130 valence electrons. The number of rotatable bonds is 8. The van der Waals surface area contributed by atoms with E-state index in [9.17, 15) is 4.79 Å². The summed E-state index contributed by atoms with van der Waals surface area (Å²) in [7, 11) is 0. The maximum Gasteiger partial charge on any atom is 0.263 e. The minimum Gasteiger partial charge on any atom is -0.494 e. The highest BCUT2D eigenvalue weighted by Gasteiger charge is 2.16. The van der Waals surface area contributed by atoms with Crippen LogP contribution in [0.3, 0.4) is 0 Å². The van der Waals surface area contributed by atoms with Crippen LogP contribution in [0.4, 0.5) is 0 Å². The first-order valence-electron chi connectivity index (χ1n) is 8.14. The number of carbonyl (C=O) groups excluding carboxylic acids is 1. The van der Waals surface area contributed by atoms with Gasteiger partial charge >= 0.3 is 0 Å². The van der Waals surface area contributed by atoms with Gasteiger partial charge in [-0.05, 0) is 50.5 Å². The van der Waals surface area contributed by atoms with Gasteiger partial charge in [-0.1, -0.05) is 6.92 Å². The monoisotopic (exact) mass is 348 g/mol. The Balaban J connectivity index is 2.07. The maximum absolute atomic E-state index is 12.3. The van der Waals surface area contributed by atoms with Gasteiger partial charge in [0.05, 0.1) is 12.3 Å². The van der Waals surface area contributed by atoms with Crippen molar-refractivity contribution in [1.82, 2.24) is 10.3 Å². The molecule has 0 saturated heterocycles. The van der Waals surface area contributed by atoms with Gasteiger partial charge in [-0.2, -0.15) is 0 Å². The van der Waals surface area contributed by atoms with E-state index in [1.807, 2.05) is 45.0 Å². The van der Waals surface area contributed by atoms with E-state index in [4.69, 9.17) is 9.84 Å². The zero-order valence-electron chi connectivity index (χ0n) is 14.3. The van der Waals surface area contributed by atoms with E-state index in [0.29, 0.717) is 24.4 Å². The Morgan fingerprint density at radius 3 is 2.71 bits per heavy atom. The third-order valence-corrected chi connectivity index (χ3v) is 4.85. The standard InChI is InChI=1S/C18H24N2O3S/c1-4-23-15-7-5-14(6-8-15)18-20-13(3)16(24-18)17(22)19-11-12(2)9-10-21/h5-8,12,21H,4,9-11H2,1-3H3,(H,19,22). The molecule has 5 nitrogen and oxygen atoms in total. The number of aromatic nitrogens is 1. The van der Waals surface area contributed by atoms with Crippen LogP contribution in [0.2, 0.25) is 0 Å². The minimum atomic E-state index is -0.105. The van der Waals surface area contributed by atoms with Crippen molar-refractivity contribution in [3.05, 3.63) is 34.8 Å². The molecule has 0 bridgehead atoms. The van der Waals surface area contributed by atoms with Gasteiger partial charge in [-0.25, -0.2) is 4.98 Å². The molecule has 1 unspecified atom stereocenters. The Labute approximate surface area is 146 Å². The fraction of sp³-hybridized carbons (Fsp3) is 0.444. The van der Waals surface area contributed by atoms with Crippen LogP contribution < -0.4 is 10.1 Å². The highest BCUT2D eigenvalue weighted by atomic mass is 32.1. The summed E-state index contributed by atoms with van der Waals surface area (Å²) in [6.07, 6.45) is 0.680. The molecule has 2 aromatic rings. The van der Waals surface area contributed by atoms with Crippen LogP contribution in [0.1, 0.15) is 35.6 Å². The van der Waals surface area contributed by atoms with Crippen molar-refractivity contribution >= 4 is 17.2 Å². The predicted molar refractivity (Wildman–Crippen MR) is 96.7 cm³/mol. The van der Waals surface area contributed by atoms with Gasteiger partial charge in [0.15, 0.2) is 0 Å². The number of aliphatic hydroxyl groups excluding tert-OH is 1. The number of hydrogen-bond acceptors (Lipinski definition) is 5. The zero-order chi connectivity index (χ0) is 17.5. The number of nitrogens with zero attached hydrogens (tertiary/aromatic N) is 1. The van der Waals surface area contributed by atoms with Crippen molar-refractivity contribution in [2.75, 3.05) is 19.8 Å². The summed E-state index contributed by atoms with van der Waals surface area (Å²) in [6, 6.07) is 7.72. The maximum atomic E-state index is 12.3. The van der Waals surface area contributed by atoms with Crippen molar-refractivity contribution in [2.45, 2.75) is 27.2 Å². The van der Waals surface area contributed by atoms with Crippen LogP contribution in [0.5, 0.6) is 5.75 Å². The molecule has 24 heavy (non-hydrogen) atoms. The number of ether oxygens (including phenoxy) is 1. The summed E-state index contributed by atoms with van der Waals surface area (Å²) in [6.45, 7) is 7.12. The lowest BCUT2D eigenvalue weighted by atomic mass is 10.1. The molecule has 2 N–H and O–H groups in total. The van der Waals surface area contributed by atoms with E-state index in [1.165, 1.54) is 11.3 Å². The highest BCUT2D eigenvalue weighted by molar-refractivity contribution is 7.17. The number of thiazole rings is 1. The molecule has 0 radical (unpaired) electrons. The Morgan fingerprint density at radius 2 is 2.08 bits per heavy atom. The topological polar surface area (TPSA) is 71.5 Å². The van der Waals surface area contributed by atoms with Crippen LogP contribution in [-0.2, 0) is 0 Å². The molecule has 2 rings (SSSR count). The number of amides is 1. The summed E-state index contributed by atoms with van der Waals surface area (Å²) in [4.78, 5) is 17.5. The second kappa shape index (κ2) is 8.80. The van der Waals surface area contributed by atoms with Gasteiger partial charge in [-0.3, -0.25) is 4.79 Å². The first-order chi connectivity index (χ1) is 11.5. The van der Waals surface area contributed by atoms with Gasteiger partial charge in [0, 0.05) is 18.7 Å². The summed E-state index contributed by atoms with van der Waals surface area (Å²) in [5, 5.41) is 12.7. The fourth-order valence-electron chi connectivity index (χ4n) is 2.26. The third-order valence-electron chi connectivity index (χ3n) is 3.65. The molecular weight excluding hydrogens is 324 g/mol. The second-order valence-electron chi connectivity index (χ2n) is 5.72. The molecular formula is C18H24N2O3S. The first-order valence-corrected chi connectivity index (χ1v) is 8.96. The summed E-state index contributed by atoms with van der Waals surface area (Å²) in [5.41, 5.74) is 1.70. The lowest BCUT2D eigenvalue weighted by molar-refractivity contribution is 0.0948. The molecule has 0 aliphatic carbocycles. The van der Waals surface area contributed by atoms with Crippen LogP contribution >= 0.6 is 11.3 Å². The van der Waals surface area contributed by atoms with Gasteiger partial charge < -0.3 is 15.2 Å². The molecule has 1 aromatic heterocycles. The van der Waals surface area contributed by atoms with Crippen molar-refractivity contribution < 1.29 is 14.6 Å². The van der Waals surface area contributed by atoms with Crippen molar-refractivity contribution in [1.29, 1.82) is 0 Å². The molecule has 1 heterocycles. The zero-order valence-corrected chi connectivity index (χ0v) is 15.2. The largest absolute Gasteiger partial charge is 0.494 e. The summed E-state index contributed by atoms with van der Waals surface area (Å²) in [5.74, 6) is 0.968. The second-order valence-corrected chi connectivity index (χ2v) is 6.72. The van der Waals surface area contributed by atoms with Crippen molar-refractivity contribution in [2.24, 2.45) is 5.92 Å². The quantitative estimate of drug-likeness (QED) is 0.768. The third kappa shape index (κ3) is 4.79. The molecule has 1 amide bonds. The molecule has 0 spiro atoms. The van der Waals surface area contributed by atoms with E-state index < -0.39 is 0 Å². The van der Waals surface area contributed by atoms with Gasteiger partial charge in [0.25, 0.3) is 5.91 Å². The van der Waals surface area contributed by atoms with E-state index in [-0.39, 0.29) is 18.4 Å². The fourth-order valence-corrected chi connectivity index (χ4v) is 3.25. The lowest BCUT2D eigenvalue weighted by Gasteiger charge is -2.10. The van der Waals surface area contributed by atoms with Crippen LogP contribution in [0, 0.1) is 12.8 Å². The predicted octanol–water partition coefficient (Wildman–Crippen LogP) is 3.27. The van der Waals surface area contributed by atoms with E-state index >= 15 is 0 Å². The Hall–Kier alpha value is -1.92. The summed E-state index contributed by atoms with van der Waals surface area (Å²) >= 11 is 1.39. The van der Waals surface area contributed by atoms with Gasteiger partial charge in [-0.15, -0.1) is 11.3 Å². The molecule has 0 aliphatic rings. The van der Waals surface area contributed by atoms with Crippen LogP contribution in [0.25, 0.3) is 10.6 Å². The molecule has 0 saturated carbocycles. The SMILES string of the molecule is CCOc1ccc(-c2nc(C)c(C(=O)NCC(C)CCO)s2)cc1. The average molecular weight is 348 g/mol. The number of hydrogen-bond donors (Lipinski definition) is 2. The van der Waals surface area contributed by atoms with Gasteiger partial charge in [0.1, 0.15) is 15.6 Å². The number of nitrogens with one attached hydrogen (secondary N) is 1.